The fourth-order valence-corrected chi connectivity index (χ4v) is 3.90. The van der Waals surface area contributed by atoms with E-state index in [1.807, 2.05) is 36.4 Å². The SMILES string of the molecule is O=C1OC(CN(Cc2cccc(F)c2)CC2CCCO2)CN1c1ccccc1. The molecule has 2 heterocycles. The van der Waals surface area contributed by atoms with Crippen molar-refractivity contribution in [3.05, 3.63) is 66.0 Å². The zero-order chi connectivity index (χ0) is 19.3. The summed E-state index contributed by atoms with van der Waals surface area (Å²) in [5, 5.41) is 0. The number of anilines is 1. The molecule has 2 unspecified atom stereocenters. The molecule has 2 aliphatic heterocycles. The molecule has 4 rings (SSSR count). The van der Waals surface area contributed by atoms with E-state index in [1.165, 1.54) is 6.07 Å². The Morgan fingerprint density at radius 2 is 1.89 bits per heavy atom. The number of cyclic esters (lactones) is 1. The Morgan fingerprint density at radius 1 is 1.07 bits per heavy atom. The fourth-order valence-electron chi connectivity index (χ4n) is 3.90. The number of hydrogen-bond donors (Lipinski definition) is 0. The molecule has 2 aromatic carbocycles. The first kappa shape index (κ1) is 18.9. The smallest absolute Gasteiger partial charge is 0.414 e. The highest BCUT2D eigenvalue weighted by molar-refractivity contribution is 5.89. The van der Waals surface area contributed by atoms with Crippen LogP contribution in [0.25, 0.3) is 0 Å². The number of carbonyl (C=O) groups is 1. The van der Waals surface area contributed by atoms with E-state index >= 15 is 0 Å². The summed E-state index contributed by atoms with van der Waals surface area (Å²) in [4.78, 5) is 16.2. The van der Waals surface area contributed by atoms with Crippen LogP contribution in [0.1, 0.15) is 18.4 Å². The van der Waals surface area contributed by atoms with E-state index < -0.39 is 0 Å². The lowest BCUT2D eigenvalue weighted by Crippen LogP contribution is -2.39. The second-order valence-corrected chi connectivity index (χ2v) is 7.41. The molecule has 2 saturated heterocycles. The van der Waals surface area contributed by atoms with Crippen LogP contribution in [0.4, 0.5) is 14.9 Å². The van der Waals surface area contributed by atoms with Gasteiger partial charge < -0.3 is 9.47 Å². The Balaban J connectivity index is 1.43. The summed E-state index contributed by atoms with van der Waals surface area (Å²) in [6.45, 7) is 3.23. The van der Waals surface area contributed by atoms with Gasteiger partial charge in [-0.3, -0.25) is 9.80 Å². The quantitative estimate of drug-likeness (QED) is 0.728. The molecule has 28 heavy (non-hydrogen) atoms. The molecule has 2 aromatic rings. The van der Waals surface area contributed by atoms with E-state index in [0.717, 1.165) is 37.2 Å². The number of amides is 1. The third-order valence-corrected chi connectivity index (χ3v) is 5.18. The minimum absolute atomic E-state index is 0.177. The molecular weight excluding hydrogens is 359 g/mol. The van der Waals surface area contributed by atoms with Gasteiger partial charge in [-0.25, -0.2) is 9.18 Å². The fraction of sp³-hybridized carbons (Fsp3) is 0.409. The molecule has 0 aromatic heterocycles. The normalized spacial score (nSPS) is 22.1. The Morgan fingerprint density at radius 3 is 2.64 bits per heavy atom. The van der Waals surface area contributed by atoms with Gasteiger partial charge in [-0.1, -0.05) is 30.3 Å². The molecule has 148 valence electrons. The lowest BCUT2D eigenvalue weighted by atomic mass is 10.1. The average molecular weight is 384 g/mol. The van der Waals surface area contributed by atoms with Gasteiger partial charge in [-0.2, -0.15) is 0 Å². The number of para-hydroxylation sites is 1. The Labute approximate surface area is 164 Å². The Bertz CT molecular complexity index is 795. The standard InChI is InChI=1S/C22H25FN2O3/c23-18-7-4-6-17(12-18)13-24(14-20-10-5-11-27-20)15-21-16-25(22(26)28-21)19-8-2-1-3-9-19/h1-4,6-9,12,20-21H,5,10-11,13-16H2. The van der Waals surface area contributed by atoms with E-state index in [1.54, 1.807) is 17.0 Å². The Kier molecular flexibility index (Phi) is 5.88. The number of hydrogen-bond acceptors (Lipinski definition) is 4. The highest BCUT2D eigenvalue weighted by atomic mass is 19.1. The topological polar surface area (TPSA) is 42.0 Å². The molecule has 0 N–H and O–H groups in total. The first-order chi connectivity index (χ1) is 13.7. The van der Waals surface area contributed by atoms with Crippen LogP contribution in [-0.2, 0) is 16.0 Å². The monoisotopic (exact) mass is 384 g/mol. The lowest BCUT2D eigenvalue weighted by Gasteiger charge is -2.27. The second kappa shape index (κ2) is 8.71. The van der Waals surface area contributed by atoms with Crippen LogP contribution < -0.4 is 4.90 Å². The molecule has 2 aliphatic rings. The molecule has 0 spiro atoms. The zero-order valence-electron chi connectivity index (χ0n) is 15.8. The van der Waals surface area contributed by atoms with Gasteiger partial charge in [-0.05, 0) is 42.7 Å². The molecule has 0 bridgehead atoms. The summed E-state index contributed by atoms with van der Waals surface area (Å²) in [6, 6.07) is 16.2. The van der Waals surface area contributed by atoms with Crippen molar-refractivity contribution in [3.8, 4) is 0 Å². The first-order valence-electron chi connectivity index (χ1n) is 9.79. The summed E-state index contributed by atoms with van der Waals surface area (Å²) < 4.78 is 25.0. The minimum atomic E-state index is -0.320. The van der Waals surface area contributed by atoms with Gasteiger partial charge in [0.1, 0.15) is 11.9 Å². The summed E-state index contributed by atoms with van der Waals surface area (Å²) in [5.74, 6) is -0.239. The van der Waals surface area contributed by atoms with Crippen LogP contribution >= 0.6 is 0 Å². The van der Waals surface area contributed by atoms with Crippen molar-refractivity contribution in [2.24, 2.45) is 0 Å². The van der Waals surface area contributed by atoms with Crippen molar-refractivity contribution in [1.29, 1.82) is 0 Å². The van der Waals surface area contributed by atoms with Crippen molar-refractivity contribution in [2.45, 2.75) is 31.6 Å². The number of carbonyl (C=O) groups excluding carboxylic acids is 1. The number of benzene rings is 2. The Hall–Kier alpha value is -2.44. The van der Waals surface area contributed by atoms with Crippen LogP contribution in [0.15, 0.2) is 54.6 Å². The van der Waals surface area contributed by atoms with Crippen molar-refractivity contribution in [3.63, 3.8) is 0 Å². The van der Waals surface area contributed by atoms with Crippen molar-refractivity contribution < 1.29 is 18.7 Å². The molecule has 6 heteroatoms. The summed E-state index contributed by atoms with van der Waals surface area (Å²) in [7, 11) is 0. The van der Waals surface area contributed by atoms with Crippen LogP contribution in [0.2, 0.25) is 0 Å². The molecule has 2 fully saturated rings. The van der Waals surface area contributed by atoms with Gasteiger partial charge in [0.15, 0.2) is 0 Å². The largest absolute Gasteiger partial charge is 0.443 e. The van der Waals surface area contributed by atoms with Crippen LogP contribution in [0.5, 0.6) is 0 Å². The van der Waals surface area contributed by atoms with Crippen LogP contribution in [-0.4, -0.2) is 49.4 Å². The van der Waals surface area contributed by atoms with Crippen LogP contribution in [0, 0.1) is 5.82 Å². The number of nitrogens with zero attached hydrogens (tertiary/aromatic N) is 2. The first-order valence-corrected chi connectivity index (χ1v) is 9.79. The van der Waals surface area contributed by atoms with Gasteiger partial charge in [0, 0.05) is 31.9 Å². The van der Waals surface area contributed by atoms with E-state index in [9.17, 15) is 9.18 Å². The van der Waals surface area contributed by atoms with Crippen molar-refractivity contribution in [1.82, 2.24) is 4.90 Å². The molecule has 1 amide bonds. The number of ether oxygens (including phenoxy) is 2. The maximum Gasteiger partial charge on any atom is 0.414 e. The van der Waals surface area contributed by atoms with Crippen molar-refractivity contribution >= 4 is 11.8 Å². The van der Waals surface area contributed by atoms with E-state index in [-0.39, 0.29) is 24.1 Å². The average Bonchev–Trinajstić information content (AvgIpc) is 3.32. The molecule has 5 nitrogen and oxygen atoms in total. The van der Waals surface area contributed by atoms with E-state index in [4.69, 9.17) is 9.47 Å². The molecule has 0 radical (unpaired) electrons. The lowest BCUT2D eigenvalue weighted by molar-refractivity contribution is 0.0501. The molecule has 0 aliphatic carbocycles. The van der Waals surface area contributed by atoms with Crippen molar-refractivity contribution in [2.75, 3.05) is 31.1 Å². The third kappa shape index (κ3) is 4.69. The van der Waals surface area contributed by atoms with Gasteiger partial charge in [-0.15, -0.1) is 0 Å². The van der Waals surface area contributed by atoms with Gasteiger partial charge in [0.2, 0.25) is 0 Å². The summed E-state index contributed by atoms with van der Waals surface area (Å²) in [6.07, 6.45) is 1.72. The summed E-state index contributed by atoms with van der Waals surface area (Å²) >= 11 is 0. The number of halogens is 1. The van der Waals surface area contributed by atoms with E-state index in [0.29, 0.717) is 19.6 Å². The predicted molar refractivity (Wildman–Crippen MR) is 105 cm³/mol. The minimum Gasteiger partial charge on any atom is -0.443 e. The third-order valence-electron chi connectivity index (χ3n) is 5.18. The summed E-state index contributed by atoms with van der Waals surface area (Å²) in [5.41, 5.74) is 1.74. The molecular formula is C22H25FN2O3. The maximum atomic E-state index is 13.6. The van der Waals surface area contributed by atoms with Crippen LogP contribution in [0.3, 0.4) is 0 Å². The van der Waals surface area contributed by atoms with Gasteiger partial charge in [0.05, 0.1) is 12.6 Å². The predicted octanol–water partition coefficient (Wildman–Crippen LogP) is 3.83. The van der Waals surface area contributed by atoms with Gasteiger partial charge >= 0.3 is 6.09 Å². The molecule has 2 atom stereocenters. The second-order valence-electron chi connectivity index (χ2n) is 7.41. The zero-order valence-corrected chi connectivity index (χ0v) is 15.8. The molecule has 0 saturated carbocycles. The highest BCUT2D eigenvalue weighted by Gasteiger charge is 2.34. The maximum absolute atomic E-state index is 13.6. The van der Waals surface area contributed by atoms with E-state index in [2.05, 4.69) is 4.90 Å². The highest BCUT2D eigenvalue weighted by Crippen LogP contribution is 2.23. The number of rotatable bonds is 7. The van der Waals surface area contributed by atoms with Gasteiger partial charge in [0.25, 0.3) is 0 Å².